The number of ketones is 1. The van der Waals surface area contributed by atoms with Gasteiger partial charge in [0.15, 0.2) is 5.78 Å². The maximum atomic E-state index is 11.9. The van der Waals surface area contributed by atoms with Crippen LogP contribution in [0.25, 0.3) is 10.4 Å². The van der Waals surface area contributed by atoms with Crippen LogP contribution in [-0.4, -0.2) is 14.5 Å². The molecule has 2 aromatic carbocycles. The van der Waals surface area contributed by atoms with Crippen molar-refractivity contribution in [2.75, 3.05) is 4.31 Å². The molecule has 3 rings (SSSR count). The highest BCUT2D eigenvalue weighted by molar-refractivity contribution is 7.81. The van der Waals surface area contributed by atoms with E-state index in [1.54, 1.807) is 12.1 Å². The summed E-state index contributed by atoms with van der Waals surface area (Å²) in [5.74, 6) is 0.0276. The van der Waals surface area contributed by atoms with Crippen molar-refractivity contribution in [1.29, 1.82) is 0 Å². The quantitative estimate of drug-likeness (QED) is 0.495. The molecule has 0 aliphatic carbocycles. The molecule has 6 heteroatoms. The number of nitrogens with zero attached hydrogens (tertiary/aromatic N) is 1. The smallest absolute Gasteiger partial charge is 0.266 e. The highest BCUT2D eigenvalue weighted by atomic mass is 32.2. The van der Waals surface area contributed by atoms with Gasteiger partial charge in [0.2, 0.25) is 0 Å². The van der Waals surface area contributed by atoms with Gasteiger partial charge in [-0.15, -0.1) is 11.3 Å². The molecular weight excluding hydrogens is 354 g/mol. The lowest BCUT2D eigenvalue weighted by Gasteiger charge is -2.20. The lowest BCUT2D eigenvalue weighted by Crippen LogP contribution is -2.19. The van der Waals surface area contributed by atoms with Gasteiger partial charge in [-0.25, -0.2) is 8.51 Å². The zero-order chi connectivity index (χ0) is 18.0. The number of carbonyl (C=O) groups excluding carboxylic acids is 1. The second-order valence-corrected chi connectivity index (χ2v) is 7.35. The Morgan fingerprint density at radius 3 is 2.40 bits per heavy atom. The number of para-hydroxylation sites is 1. The van der Waals surface area contributed by atoms with E-state index in [4.69, 9.17) is 0 Å². The minimum absolute atomic E-state index is 0.0276. The zero-order valence-electron chi connectivity index (χ0n) is 13.8. The first-order valence-electron chi connectivity index (χ1n) is 7.64. The first-order valence-corrected chi connectivity index (χ1v) is 9.58. The number of rotatable bonds is 5. The van der Waals surface area contributed by atoms with Gasteiger partial charge in [-0.2, -0.15) is 0 Å². The molecule has 0 amide bonds. The third-order valence-electron chi connectivity index (χ3n) is 3.89. The van der Waals surface area contributed by atoms with Crippen LogP contribution in [0, 0.1) is 6.92 Å². The fraction of sp³-hybridized carbons (Fsp3) is 0.105. The average molecular weight is 371 g/mol. The summed E-state index contributed by atoms with van der Waals surface area (Å²) in [5, 5.41) is 1.86. The van der Waals surface area contributed by atoms with Crippen molar-refractivity contribution in [3.05, 3.63) is 71.1 Å². The predicted molar refractivity (Wildman–Crippen MR) is 104 cm³/mol. The highest BCUT2D eigenvalue weighted by Crippen LogP contribution is 2.36. The van der Waals surface area contributed by atoms with E-state index < -0.39 is 11.3 Å². The van der Waals surface area contributed by atoms with Crippen LogP contribution in [0.4, 0.5) is 11.4 Å². The highest BCUT2D eigenvalue weighted by Gasteiger charge is 2.18. The van der Waals surface area contributed by atoms with Gasteiger partial charge in [0, 0.05) is 15.8 Å². The number of hydrogen-bond donors (Lipinski definition) is 1. The number of aryl methyl sites for hydroxylation is 1. The third kappa shape index (κ3) is 3.71. The molecule has 0 aliphatic heterocycles. The molecule has 1 aromatic heterocycles. The molecule has 1 atom stereocenters. The number of hydrogen-bond acceptors (Lipinski definition) is 3. The van der Waals surface area contributed by atoms with Crippen molar-refractivity contribution >= 4 is 39.8 Å². The molecule has 1 N–H and O–H groups in total. The van der Waals surface area contributed by atoms with Crippen molar-refractivity contribution in [1.82, 2.24) is 0 Å². The molecule has 0 bridgehead atoms. The Morgan fingerprint density at radius 1 is 1.12 bits per heavy atom. The Hall–Kier alpha value is -2.28. The molecule has 1 unspecified atom stereocenters. The Kier molecular flexibility index (Phi) is 5.13. The van der Waals surface area contributed by atoms with E-state index in [2.05, 4.69) is 0 Å². The minimum Gasteiger partial charge on any atom is -0.295 e. The van der Waals surface area contributed by atoms with Gasteiger partial charge in [-0.3, -0.25) is 9.35 Å². The number of Topliss-reactive ketones (excluding diaryl/α,β-unsaturated/α-hetero) is 1. The number of thiophene rings is 1. The molecule has 3 aromatic rings. The van der Waals surface area contributed by atoms with Gasteiger partial charge in [-0.1, -0.05) is 42.5 Å². The molecule has 0 aliphatic rings. The van der Waals surface area contributed by atoms with Crippen LogP contribution in [-0.2, 0) is 11.3 Å². The van der Waals surface area contributed by atoms with Gasteiger partial charge in [-0.05, 0) is 37.1 Å². The fourth-order valence-corrected chi connectivity index (χ4v) is 4.17. The van der Waals surface area contributed by atoms with E-state index in [1.807, 2.05) is 54.8 Å². The molecule has 1 heterocycles. The Bertz CT molecular complexity index is 932. The monoisotopic (exact) mass is 371 g/mol. The maximum Gasteiger partial charge on any atom is 0.266 e. The molecular formula is C19H17NO3S2. The van der Waals surface area contributed by atoms with Gasteiger partial charge >= 0.3 is 0 Å². The van der Waals surface area contributed by atoms with E-state index in [0.29, 0.717) is 16.9 Å². The summed E-state index contributed by atoms with van der Waals surface area (Å²) < 4.78 is 23.1. The molecule has 0 spiro atoms. The van der Waals surface area contributed by atoms with Crippen molar-refractivity contribution in [2.24, 2.45) is 0 Å². The largest absolute Gasteiger partial charge is 0.295 e. The Balaban J connectivity index is 1.97. The van der Waals surface area contributed by atoms with E-state index >= 15 is 0 Å². The van der Waals surface area contributed by atoms with Crippen LogP contribution in [0.1, 0.15) is 22.8 Å². The van der Waals surface area contributed by atoms with Crippen LogP contribution >= 0.6 is 11.3 Å². The van der Waals surface area contributed by atoms with E-state index in [0.717, 1.165) is 16.0 Å². The lowest BCUT2D eigenvalue weighted by atomic mass is 10.1. The SMILES string of the molecule is CC(=O)c1ccc(-c2cc(N(c3ccccc3C)S(=O)O)cs2)cc1. The first kappa shape index (κ1) is 17.5. The summed E-state index contributed by atoms with van der Waals surface area (Å²) >= 11 is -0.682. The van der Waals surface area contributed by atoms with Crippen LogP contribution in [0.3, 0.4) is 0 Å². The summed E-state index contributed by atoms with van der Waals surface area (Å²) in [6.07, 6.45) is 0. The minimum atomic E-state index is -2.17. The molecule has 25 heavy (non-hydrogen) atoms. The first-order chi connectivity index (χ1) is 12.0. The average Bonchev–Trinajstić information content (AvgIpc) is 3.06. The zero-order valence-corrected chi connectivity index (χ0v) is 15.4. The molecule has 0 radical (unpaired) electrons. The summed E-state index contributed by atoms with van der Waals surface area (Å²) in [7, 11) is 0. The van der Waals surface area contributed by atoms with Crippen LogP contribution < -0.4 is 4.31 Å². The molecule has 0 saturated carbocycles. The molecule has 128 valence electrons. The molecule has 0 fully saturated rings. The standard InChI is InChI=1S/C19H17NO3S2/c1-13-5-3-4-6-18(13)20(25(22)23)17-11-19(24-12-17)16-9-7-15(8-10-16)14(2)21/h3-12H,1-2H3,(H,22,23). The van der Waals surface area contributed by atoms with Gasteiger partial charge in [0.25, 0.3) is 11.3 Å². The van der Waals surface area contributed by atoms with E-state index in [1.165, 1.54) is 22.6 Å². The maximum absolute atomic E-state index is 11.9. The molecule has 0 saturated heterocycles. The van der Waals surface area contributed by atoms with E-state index in [9.17, 15) is 13.6 Å². The second kappa shape index (κ2) is 7.31. The second-order valence-electron chi connectivity index (χ2n) is 5.61. The van der Waals surface area contributed by atoms with Crippen LogP contribution in [0.15, 0.2) is 60.0 Å². The van der Waals surface area contributed by atoms with Crippen LogP contribution in [0.2, 0.25) is 0 Å². The summed E-state index contributed by atoms with van der Waals surface area (Å²) in [4.78, 5) is 12.4. The Morgan fingerprint density at radius 2 is 1.80 bits per heavy atom. The van der Waals surface area contributed by atoms with Gasteiger partial charge in [0.1, 0.15) is 0 Å². The number of benzene rings is 2. The fourth-order valence-electron chi connectivity index (χ4n) is 2.56. The summed E-state index contributed by atoms with van der Waals surface area (Å²) in [5.41, 5.74) is 3.90. The van der Waals surface area contributed by atoms with Gasteiger partial charge in [0.05, 0.1) is 11.4 Å². The topological polar surface area (TPSA) is 57.6 Å². The predicted octanol–water partition coefficient (Wildman–Crippen LogP) is 5.20. The van der Waals surface area contributed by atoms with Crippen molar-refractivity contribution in [3.63, 3.8) is 0 Å². The summed E-state index contributed by atoms with van der Waals surface area (Å²) in [6.45, 7) is 3.44. The van der Waals surface area contributed by atoms with Crippen LogP contribution in [0.5, 0.6) is 0 Å². The van der Waals surface area contributed by atoms with Crippen molar-refractivity contribution in [2.45, 2.75) is 13.8 Å². The Labute approximate surface area is 153 Å². The number of anilines is 2. The number of carbonyl (C=O) groups is 1. The van der Waals surface area contributed by atoms with E-state index in [-0.39, 0.29) is 5.78 Å². The third-order valence-corrected chi connectivity index (χ3v) is 5.57. The normalized spacial score (nSPS) is 12.0. The summed E-state index contributed by atoms with van der Waals surface area (Å²) in [6, 6.07) is 16.7. The van der Waals surface area contributed by atoms with Crippen molar-refractivity contribution in [3.8, 4) is 10.4 Å². The van der Waals surface area contributed by atoms with Gasteiger partial charge < -0.3 is 0 Å². The molecule has 4 nitrogen and oxygen atoms in total. The van der Waals surface area contributed by atoms with Crippen molar-refractivity contribution < 1.29 is 13.6 Å². The lowest BCUT2D eigenvalue weighted by molar-refractivity contribution is 0.101.